The first-order valence-electron chi connectivity index (χ1n) is 4.46. The number of nitrogens with zero attached hydrogens (tertiary/aromatic N) is 1. The SMILES string of the molecule is N[C@@H]1c2ccc(OC(F)F)nc2C[C@@H]1O. The predicted molar refractivity (Wildman–Crippen MR) is 47.5 cm³/mol. The Morgan fingerprint density at radius 3 is 2.93 bits per heavy atom. The van der Waals surface area contributed by atoms with Gasteiger partial charge in [0.25, 0.3) is 0 Å². The fourth-order valence-corrected chi connectivity index (χ4v) is 1.65. The van der Waals surface area contributed by atoms with E-state index in [1.54, 1.807) is 6.07 Å². The lowest BCUT2D eigenvalue weighted by Gasteiger charge is -2.08. The Morgan fingerprint density at radius 2 is 2.27 bits per heavy atom. The molecule has 2 atom stereocenters. The van der Waals surface area contributed by atoms with Gasteiger partial charge in [-0.2, -0.15) is 8.78 Å². The number of ether oxygens (including phenoxy) is 1. The largest absolute Gasteiger partial charge is 0.417 e. The van der Waals surface area contributed by atoms with Crippen molar-refractivity contribution in [1.29, 1.82) is 0 Å². The van der Waals surface area contributed by atoms with Gasteiger partial charge in [0.2, 0.25) is 5.88 Å². The third kappa shape index (κ3) is 1.91. The molecule has 0 radical (unpaired) electrons. The molecular formula is C9H10F2N2O2. The highest BCUT2D eigenvalue weighted by molar-refractivity contribution is 5.34. The van der Waals surface area contributed by atoms with Crippen molar-refractivity contribution in [3.63, 3.8) is 0 Å². The second-order valence-corrected chi connectivity index (χ2v) is 3.36. The van der Waals surface area contributed by atoms with Crippen LogP contribution in [0.15, 0.2) is 12.1 Å². The molecule has 0 aromatic carbocycles. The zero-order valence-corrected chi connectivity index (χ0v) is 7.73. The number of aliphatic hydroxyl groups excluding tert-OH is 1. The van der Waals surface area contributed by atoms with Crippen molar-refractivity contribution in [3.8, 4) is 5.88 Å². The van der Waals surface area contributed by atoms with Gasteiger partial charge in [0, 0.05) is 12.5 Å². The van der Waals surface area contributed by atoms with Crippen molar-refractivity contribution >= 4 is 0 Å². The van der Waals surface area contributed by atoms with Gasteiger partial charge in [-0.1, -0.05) is 6.07 Å². The molecule has 0 bridgehead atoms. The lowest BCUT2D eigenvalue weighted by atomic mass is 10.1. The fourth-order valence-electron chi connectivity index (χ4n) is 1.65. The van der Waals surface area contributed by atoms with Crippen molar-refractivity contribution in [2.24, 2.45) is 5.73 Å². The first-order chi connectivity index (χ1) is 7.08. The van der Waals surface area contributed by atoms with Crippen LogP contribution in [0.5, 0.6) is 5.88 Å². The summed E-state index contributed by atoms with van der Waals surface area (Å²) in [7, 11) is 0. The van der Waals surface area contributed by atoms with Crippen LogP contribution in [0.3, 0.4) is 0 Å². The number of alkyl halides is 2. The van der Waals surface area contributed by atoms with E-state index in [1.165, 1.54) is 6.07 Å². The normalized spacial score (nSPS) is 24.3. The van der Waals surface area contributed by atoms with Crippen LogP contribution in [-0.2, 0) is 6.42 Å². The van der Waals surface area contributed by atoms with E-state index in [1.807, 2.05) is 0 Å². The van der Waals surface area contributed by atoms with Gasteiger partial charge in [0.05, 0.1) is 17.8 Å². The van der Waals surface area contributed by atoms with Gasteiger partial charge in [0.1, 0.15) is 0 Å². The number of aromatic nitrogens is 1. The summed E-state index contributed by atoms with van der Waals surface area (Å²) in [6.07, 6.45) is -0.425. The molecule has 1 aromatic heterocycles. The van der Waals surface area contributed by atoms with Gasteiger partial charge in [-0.3, -0.25) is 0 Å². The van der Waals surface area contributed by atoms with Crippen LogP contribution < -0.4 is 10.5 Å². The summed E-state index contributed by atoms with van der Waals surface area (Å²) in [6, 6.07) is 2.39. The highest BCUT2D eigenvalue weighted by atomic mass is 19.3. The highest BCUT2D eigenvalue weighted by Gasteiger charge is 2.29. The van der Waals surface area contributed by atoms with Crippen LogP contribution in [0.2, 0.25) is 0 Å². The third-order valence-electron chi connectivity index (χ3n) is 2.37. The van der Waals surface area contributed by atoms with E-state index in [-0.39, 0.29) is 12.3 Å². The zero-order chi connectivity index (χ0) is 11.0. The maximum atomic E-state index is 11.9. The van der Waals surface area contributed by atoms with Gasteiger partial charge in [-0.15, -0.1) is 0 Å². The average molecular weight is 216 g/mol. The molecule has 0 unspecified atom stereocenters. The Kier molecular flexibility index (Phi) is 2.54. The first kappa shape index (κ1) is 10.3. The number of aliphatic hydroxyl groups is 1. The van der Waals surface area contributed by atoms with Crippen LogP contribution in [-0.4, -0.2) is 22.8 Å². The number of rotatable bonds is 2. The van der Waals surface area contributed by atoms with Gasteiger partial charge in [-0.25, -0.2) is 4.98 Å². The van der Waals surface area contributed by atoms with Gasteiger partial charge < -0.3 is 15.6 Å². The molecule has 1 aliphatic carbocycles. The molecule has 82 valence electrons. The summed E-state index contributed by atoms with van der Waals surface area (Å²) in [5, 5.41) is 9.44. The van der Waals surface area contributed by atoms with Crippen LogP contribution >= 0.6 is 0 Å². The maximum absolute atomic E-state index is 11.9. The van der Waals surface area contributed by atoms with E-state index in [4.69, 9.17) is 5.73 Å². The molecule has 2 rings (SSSR count). The molecule has 1 aliphatic rings. The molecule has 15 heavy (non-hydrogen) atoms. The number of nitrogens with two attached hydrogens (primary N) is 1. The molecule has 0 saturated carbocycles. The average Bonchev–Trinajstić information content (AvgIpc) is 2.41. The van der Waals surface area contributed by atoms with E-state index >= 15 is 0 Å². The second kappa shape index (κ2) is 3.71. The molecule has 0 spiro atoms. The van der Waals surface area contributed by atoms with Crippen molar-refractivity contribution in [3.05, 3.63) is 23.4 Å². The summed E-state index contributed by atoms with van der Waals surface area (Å²) >= 11 is 0. The van der Waals surface area contributed by atoms with Crippen molar-refractivity contribution in [2.75, 3.05) is 0 Å². The summed E-state index contributed by atoms with van der Waals surface area (Å²) in [5.41, 5.74) is 6.87. The lowest BCUT2D eigenvalue weighted by molar-refractivity contribution is -0.0529. The topological polar surface area (TPSA) is 68.4 Å². The Hall–Kier alpha value is -1.27. The van der Waals surface area contributed by atoms with Crippen LogP contribution in [0.25, 0.3) is 0 Å². The van der Waals surface area contributed by atoms with Crippen LogP contribution in [0, 0.1) is 0 Å². The Labute approximate surface area is 84.7 Å². The van der Waals surface area contributed by atoms with E-state index < -0.39 is 18.8 Å². The molecule has 0 fully saturated rings. The molecule has 0 aliphatic heterocycles. The minimum absolute atomic E-state index is 0.148. The van der Waals surface area contributed by atoms with Gasteiger partial charge >= 0.3 is 6.61 Å². The Morgan fingerprint density at radius 1 is 1.53 bits per heavy atom. The van der Waals surface area contributed by atoms with E-state index in [9.17, 15) is 13.9 Å². The number of hydrogen-bond acceptors (Lipinski definition) is 4. The highest BCUT2D eigenvalue weighted by Crippen LogP contribution is 2.29. The molecule has 4 nitrogen and oxygen atoms in total. The van der Waals surface area contributed by atoms with Gasteiger partial charge in [0.15, 0.2) is 0 Å². The quantitative estimate of drug-likeness (QED) is 0.759. The number of halogens is 2. The minimum atomic E-state index is -2.89. The first-order valence-corrected chi connectivity index (χ1v) is 4.46. The molecule has 0 amide bonds. The standard InChI is InChI=1S/C9H10F2N2O2/c10-9(11)15-7-2-1-4-5(13-7)3-6(14)8(4)12/h1-2,6,8-9,14H,3,12H2/t6-,8+/m0/s1. The number of hydrogen-bond donors (Lipinski definition) is 2. The summed E-state index contributed by atoms with van der Waals surface area (Å²) in [5.74, 6) is -0.148. The predicted octanol–water partition coefficient (Wildman–Crippen LogP) is 0.600. The minimum Gasteiger partial charge on any atom is -0.417 e. The van der Waals surface area contributed by atoms with Gasteiger partial charge in [-0.05, 0) is 5.56 Å². The Bertz CT molecular complexity index is 373. The smallest absolute Gasteiger partial charge is 0.388 e. The Balaban J connectivity index is 2.25. The lowest BCUT2D eigenvalue weighted by Crippen LogP contribution is -2.21. The number of pyridine rings is 1. The maximum Gasteiger partial charge on any atom is 0.388 e. The van der Waals surface area contributed by atoms with E-state index in [0.717, 1.165) is 0 Å². The summed E-state index contributed by atoms with van der Waals surface area (Å²) in [4.78, 5) is 3.85. The third-order valence-corrected chi connectivity index (χ3v) is 2.37. The van der Waals surface area contributed by atoms with Crippen LogP contribution in [0.4, 0.5) is 8.78 Å². The second-order valence-electron chi connectivity index (χ2n) is 3.36. The van der Waals surface area contributed by atoms with Crippen LogP contribution in [0.1, 0.15) is 17.3 Å². The summed E-state index contributed by atoms with van der Waals surface area (Å²) < 4.78 is 27.9. The van der Waals surface area contributed by atoms with Crippen molar-refractivity contribution < 1.29 is 18.6 Å². The molecule has 1 heterocycles. The van der Waals surface area contributed by atoms with E-state index in [2.05, 4.69) is 9.72 Å². The van der Waals surface area contributed by atoms with Crippen molar-refractivity contribution in [2.45, 2.75) is 25.2 Å². The molecule has 6 heteroatoms. The molecular weight excluding hydrogens is 206 g/mol. The molecule has 1 aromatic rings. The molecule has 3 N–H and O–H groups in total. The number of fused-ring (bicyclic) bond motifs is 1. The zero-order valence-electron chi connectivity index (χ0n) is 7.73. The molecule has 0 saturated heterocycles. The fraction of sp³-hybridized carbons (Fsp3) is 0.444. The van der Waals surface area contributed by atoms with E-state index in [0.29, 0.717) is 11.3 Å². The monoisotopic (exact) mass is 216 g/mol. The summed E-state index contributed by atoms with van der Waals surface area (Å²) in [6.45, 7) is -2.89. The van der Waals surface area contributed by atoms with Crippen molar-refractivity contribution in [1.82, 2.24) is 4.98 Å².